The highest BCUT2D eigenvalue weighted by atomic mass is 35.5. The molecule has 1 aliphatic rings. The molecule has 1 N–H and O–H groups in total. The highest BCUT2D eigenvalue weighted by Crippen LogP contribution is 2.35. The number of rotatable bonds is 3. The van der Waals surface area contributed by atoms with Gasteiger partial charge in [0.15, 0.2) is 0 Å². The lowest BCUT2D eigenvalue weighted by atomic mass is 9.95. The summed E-state index contributed by atoms with van der Waals surface area (Å²) in [5.74, 6) is -0.301. The summed E-state index contributed by atoms with van der Waals surface area (Å²) in [7, 11) is 2.11. The molecule has 27 heavy (non-hydrogen) atoms. The van der Waals surface area contributed by atoms with E-state index in [1.165, 1.54) is 23.4 Å². The van der Waals surface area contributed by atoms with Gasteiger partial charge in [-0.25, -0.2) is 4.39 Å². The minimum atomic E-state index is -1.11. The van der Waals surface area contributed by atoms with Gasteiger partial charge in [-0.05, 0) is 61.9 Å². The number of hydrogen-bond acceptors (Lipinski definition) is 2. The lowest BCUT2D eigenvalue weighted by molar-refractivity contribution is 0.0380. The summed E-state index contributed by atoms with van der Waals surface area (Å²) in [5.41, 5.74) is 3.21. The maximum absolute atomic E-state index is 13.3. The van der Waals surface area contributed by atoms with Gasteiger partial charge in [-0.3, -0.25) is 0 Å². The minimum absolute atomic E-state index is 0. The van der Waals surface area contributed by atoms with Crippen molar-refractivity contribution < 1.29 is 9.50 Å². The molecule has 144 valence electrons. The Bertz CT molecular complexity index is 966. The van der Waals surface area contributed by atoms with Crippen LogP contribution in [-0.4, -0.2) is 28.2 Å². The summed E-state index contributed by atoms with van der Waals surface area (Å²) < 4.78 is 15.5. The van der Waals surface area contributed by atoms with Gasteiger partial charge in [0, 0.05) is 34.7 Å². The molecule has 1 unspecified atom stereocenters. The Morgan fingerprint density at radius 3 is 2.59 bits per heavy atom. The van der Waals surface area contributed by atoms with Crippen molar-refractivity contribution in [1.82, 2.24) is 9.47 Å². The molecule has 0 bridgehead atoms. The number of benzene rings is 2. The third kappa shape index (κ3) is 3.72. The largest absolute Gasteiger partial charge is 0.384 e. The second kappa shape index (κ2) is 7.44. The fraction of sp³-hybridized carbons (Fsp3) is 0.333. The van der Waals surface area contributed by atoms with Gasteiger partial charge in [0.25, 0.3) is 0 Å². The molecule has 6 heteroatoms. The van der Waals surface area contributed by atoms with Crippen molar-refractivity contribution in [2.45, 2.75) is 32.0 Å². The first-order valence-electron chi connectivity index (χ1n) is 8.81. The van der Waals surface area contributed by atoms with Gasteiger partial charge < -0.3 is 14.6 Å². The highest BCUT2D eigenvalue weighted by Gasteiger charge is 2.29. The van der Waals surface area contributed by atoms with Gasteiger partial charge in [0.05, 0.1) is 6.54 Å². The third-order valence-corrected chi connectivity index (χ3v) is 5.58. The molecule has 0 saturated heterocycles. The fourth-order valence-corrected chi connectivity index (χ4v) is 4.11. The van der Waals surface area contributed by atoms with Crippen LogP contribution in [0.2, 0.25) is 5.02 Å². The van der Waals surface area contributed by atoms with Crippen LogP contribution in [0.25, 0.3) is 10.9 Å². The maximum Gasteiger partial charge on any atom is 0.123 e. The van der Waals surface area contributed by atoms with Crippen LogP contribution in [0.3, 0.4) is 0 Å². The van der Waals surface area contributed by atoms with E-state index in [0.29, 0.717) is 12.1 Å². The van der Waals surface area contributed by atoms with E-state index in [2.05, 4.69) is 16.5 Å². The maximum atomic E-state index is 13.3. The standard InChI is InChI=1S/C21H22ClFN2O.ClH/c1-21(26,14-3-6-16(23)7-4-14)13-25-19-8-5-15(22)11-18(19)17-9-10-24(2)12-20(17)25;/h3-8,11,26H,9-10,12-13H2,1-2H3;1H. The Morgan fingerprint density at radius 2 is 1.89 bits per heavy atom. The lowest BCUT2D eigenvalue weighted by Crippen LogP contribution is -2.32. The van der Waals surface area contributed by atoms with Crippen molar-refractivity contribution in [3.8, 4) is 0 Å². The molecule has 3 nitrogen and oxygen atoms in total. The van der Waals surface area contributed by atoms with Crippen LogP contribution >= 0.6 is 24.0 Å². The van der Waals surface area contributed by atoms with Gasteiger partial charge in [-0.1, -0.05) is 23.7 Å². The van der Waals surface area contributed by atoms with Crippen molar-refractivity contribution >= 4 is 34.9 Å². The molecule has 1 aliphatic heterocycles. The first-order chi connectivity index (χ1) is 12.3. The number of aromatic nitrogens is 1. The van der Waals surface area contributed by atoms with Crippen molar-refractivity contribution in [2.75, 3.05) is 13.6 Å². The van der Waals surface area contributed by atoms with Crippen LogP contribution in [0.5, 0.6) is 0 Å². The molecule has 0 radical (unpaired) electrons. The Labute approximate surface area is 169 Å². The van der Waals surface area contributed by atoms with Crippen molar-refractivity contribution in [2.24, 2.45) is 0 Å². The quantitative estimate of drug-likeness (QED) is 0.676. The first-order valence-corrected chi connectivity index (χ1v) is 9.19. The van der Waals surface area contributed by atoms with Crippen LogP contribution < -0.4 is 0 Å². The molecule has 2 heterocycles. The second-order valence-corrected chi connectivity index (χ2v) is 7.88. The van der Waals surface area contributed by atoms with Crippen molar-refractivity contribution in [3.05, 3.63) is 70.1 Å². The summed E-state index contributed by atoms with van der Waals surface area (Å²) in [6.45, 7) is 4.02. The van der Waals surface area contributed by atoms with E-state index in [0.717, 1.165) is 35.4 Å². The Hall–Kier alpha value is -1.59. The van der Waals surface area contributed by atoms with Gasteiger partial charge >= 0.3 is 0 Å². The third-order valence-electron chi connectivity index (χ3n) is 5.34. The summed E-state index contributed by atoms with van der Waals surface area (Å²) in [5, 5.41) is 13.0. The molecule has 1 aromatic heterocycles. The van der Waals surface area contributed by atoms with E-state index in [1.807, 2.05) is 18.2 Å². The van der Waals surface area contributed by atoms with Crippen molar-refractivity contribution in [3.63, 3.8) is 0 Å². The summed E-state index contributed by atoms with van der Waals surface area (Å²) in [6, 6.07) is 12.0. The molecule has 0 amide bonds. The second-order valence-electron chi connectivity index (χ2n) is 7.44. The minimum Gasteiger partial charge on any atom is -0.384 e. The average molecular weight is 409 g/mol. The van der Waals surface area contributed by atoms with E-state index in [4.69, 9.17) is 11.6 Å². The number of likely N-dealkylation sites (N-methyl/N-ethyl adjacent to an activating group) is 1. The molecule has 2 aromatic carbocycles. The lowest BCUT2D eigenvalue weighted by Gasteiger charge is -2.29. The average Bonchev–Trinajstić information content (AvgIpc) is 2.87. The number of halogens is 3. The predicted octanol–water partition coefficient (Wildman–Crippen LogP) is 4.75. The molecule has 0 spiro atoms. The monoisotopic (exact) mass is 408 g/mol. The van der Waals surface area contributed by atoms with Crippen LogP contribution in [0.4, 0.5) is 4.39 Å². The molecule has 4 rings (SSSR count). The molecule has 3 aromatic rings. The molecular formula is C21H23Cl2FN2O. The zero-order chi connectivity index (χ0) is 18.5. The van der Waals surface area contributed by atoms with Gasteiger partial charge in [0.1, 0.15) is 11.4 Å². The number of fused-ring (bicyclic) bond motifs is 3. The highest BCUT2D eigenvalue weighted by molar-refractivity contribution is 6.31. The first kappa shape index (κ1) is 20.2. The van der Waals surface area contributed by atoms with Gasteiger partial charge in [-0.2, -0.15) is 0 Å². The van der Waals surface area contributed by atoms with E-state index in [1.54, 1.807) is 19.1 Å². The van der Waals surface area contributed by atoms with E-state index in [-0.39, 0.29) is 18.2 Å². The molecule has 0 fully saturated rings. The zero-order valence-corrected chi connectivity index (χ0v) is 16.9. The SMILES string of the molecule is CN1CCc2c(n(CC(C)(O)c3ccc(F)cc3)c3ccc(Cl)cc23)C1.Cl. The zero-order valence-electron chi connectivity index (χ0n) is 15.4. The van der Waals surface area contributed by atoms with Gasteiger partial charge in [-0.15, -0.1) is 12.4 Å². The van der Waals surface area contributed by atoms with Crippen LogP contribution in [0.1, 0.15) is 23.7 Å². The Kier molecular flexibility index (Phi) is 5.55. The fourth-order valence-electron chi connectivity index (χ4n) is 3.93. The number of nitrogens with zero attached hydrogens (tertiary/aromatic N) is 2. The van der Waals surface area contributed by atoms with Crippen LogP contribution in [0, 0.1) is 5.82 Å². The van der Waals surface area contributed by atoms with Gasteiger partial charge in [0.2, 0.25) is 0 Å². The van der Waals surface area contributed by atoms with Crippen LogP contribution in [-0.2, 0) is 25.1 Å². The molecule has 0 saturated carbocycles. The van der Waals surface area contributed by atoms with E-state index >= 15 is 0 Å². The summed E-state index contributed by atoms with van der Waals surface area (Å²) in [4.78, 5) is 2.28. The normalized spacial score (nSPS) is 16.6. The number of aliphatic hydroxyl groups is 1. The molecule has 0 aliphatic carbocycles. The Balaban J connectivity index is 0.00000210. The smallest absolute Gasteiger partial charge is 0.123 e. The molecular weight excluding hydrogens is 386 g/mol. The van der Waals surface area contributed by atoms with Crippen LogP contribution in [0.15, 0.2) is 42.5 Å². The summed E-state index contributed by atoms with van der Waals surface area (Å²) in [6.07, 6.45) is 0.967. The van der Waals surface area contributed by atoms with E-state index < -0.39 is 5.60 Å². The number of hydrogen-bond donors (Lipinski definition) is 1. The topological polar surface area (TPSA) is 28.4 Å². The van der Waals surface area contributed by atoms with Crippen molar-refractivity contribution in [1.29, 1.82) is 0 Å². The predicted molar refractivity (Wildman–Crippen MR) is 110 cm³/mol. The summed E-state index contributed by atoms with van der Waals surface area (Å²) >= 11 is 6.24. The van der Waals surface area contributed by atoms with E-state index in [9.17, 15) is 9.50 Å². The molecule has 1 atom stereocenters. The Morgan fingerprint density at radius 1 is 1.19 bits per heavy atom.